The first-order chi connectivity index (χ1) is 9.73. The summed E-state index contributed by atoms with van der Waals surface area (Å²) >= 11 is 0. The minimum atomic E-state index is -0.870. The summed E-state index contributed by atoms with van der Waals surface area (Å²) in [7, 11) is 0. The Bertz CT molecular complexity index is 487. The van der Waals surface area contributed by atoms with E-state index in [4.69, 9.17) is 4.74 Å². The van der Waals surface area contributed by atoms with Crippen LogP contribution in [0.2, 0.25) is 0 Å². The number of hydrogen-bond acceptors (Lipinski definition) is 5. The van der Waals surface area contributed by atoms with Crippen molar-refractivity contribution in [3.05, 3.63) is 28.3 Å². The molecule has 0 amide bonds. The molecular formula is C15H24N2O4. The lowest BCUT2D eigenvalue weighted by Gasteiger charge is -2.26. The molecule has 6 nitrogen and oxygen atoms in total. The highest BCUT2D eigenvalue weighted by molar-refractivity contribution is 5.56. The maximum absolute atomic E-state index is 10.9. The number of aliphatic hydroxyl groups is 1. The summed E-state index contributed by atoms with van der Waals surface area (Å²) in [4.78, 5) is 10.5. The van der Waals surface area contributed by atoms with Gasteiger partial charge in [0.1, 0.15) is 5.75 Å². The van der Waals surface area contributed by atoms with Crippen molar-refractivity contribution in [1.82, 2.24) is 0 Å². The normalized spacial score (nSPS) is 13.8. The third kappa shape index (κ3) is 5.99. The number of nitro benzene ring substituents is 1. The van der Waals surface area contributed by atoms with Gasteiger partial charge >= 0.3 is 0 Å². The minimum Gasteiger partial charge on any atom is -0.494 e. The number of nitro groups is 1. The number of non-ortho nitro benzene ring substituents is 1. The van der Waals surface area contributed by atoms with Gasteiger partial charge in [0.15, 0.2) is 0 Å². The zero-order valence-electron chi connectivity index (χ0n) is 13.0. The molecule has 0 bridgehead atoms. The molecule has 0 saturated carbocycles. The quantitative estimate of drug-likeness (QED) is 0.568. The van der Waals surface area contributed by atoms with E-state index in [0.717, 1.165) is 0 Å². The van der Waals surface area contributed by atoms with Crippen molar-refractivity contribution < 1.29 is 14.8 Å². The molecule has 1 aromatic carbocycles. The molecule has 1 aromatic rings. The van der Waals surface area contributed by atoms with Crippen molar-refractivity contribution in [3.63, 3.8) is 0 Å². The smallest absolute Gasteiger partial charge is 0.275 e. The zero-order valence-corrected chi connectivity index (χ0v) is 13.0. The topological polar surface area (TPSA) is 84.6 Å². The summed E-state index contributed by atoms with van der Waals surface area (Å²) in [6.07, 6.45) is 0.646. The van der Waals surface area contributed by atoms with Gasteiger partial charge in [-0.05, 0) is 26.2 Å². The SMILES string of the molecule is CCOc1cc(NCC(C)(O)CC(C)C)cc([N+](=O)[O-])c1. The molecule has 1 rings (SSSR count). The summed E-state index contributed by atoms with van der Waals surface area (Å²) in [5.74, 6) is 0.809. The lowest BCUT2D eigenvalue weighted by molar-refractivity contribution is -0.384. The fourth-order valence-electron chi connectivity index (χ4n) is 2.28. The molecule has 0 aliphatic carbocycles. The zero-order chi connectivity index (χ0) is 16.0. The van der Waals surface area contributed by atoms with E-state index in [1.165, 1.54) is 12.1 Å². The molecule has 1 unspecified atom stereocenters. The molecule has 0 spiro atoms. The Morgan fingerprint density at radius 1 is 1.43 bits per heavy atom. The molecule has 0 radical (unpaired) electrons. The van der Waals surface area contributed by atoms with Gasteiger partial charge in [-0.3, -0.25) is 10.1 Å². The summed E-state index contributed by atoms with van der Waals surface area (Å²) in [6, 6.07) is 4.52. The average molecular weight is 296 g/mol. The van der Waals surface area contributed by atoms with Gasteiger partial charge in [0.05, 0.1) is 23.2 Å². The number of rotatable bonds is 8. The fourth-order valence-corrected chi connectivity index (χ4v) is 2.28. The van der Waals surface area contributed by atoms with Crippen LogP contribution in [0.25, 0.3) is 0 Å². The third-order valence-corrected chi connectivity index (χ3v) is 2.93. The highest BCUT2D eigenvalue weighted by Gasteiger charge is 2.22. The number of anilines is 1. The van der Waals surface area contributed by atoms with Gasteiger partial charge in [0.2, 0.25) is 0 Å². The van der Waals surface area contributed by atoms with Crippen LogP contribution in [0.4, 0.5) is 11.4 Å². The molecule has 6 heteroatoms. The van der Waals surface area contributed by atoms with Gasteiger partial charge in [-0.2, -0.15) is 0 Å². The van der Waals surface area contributed by atoms with Crippen LogP contribution in [0.3, 0.4) is 0 Å². The van der Waals surface area contributed by atoms with Crippen LogP contribution < -0.4 is 10.1 Å². The van der Waals surface area contributed by atoms with Crippen molar-refractivity contribution in [2.75, 3.05) is 18.5 Å². The molecule has 1 atom stereocenters. The molecule has 118 valence electrons. The fraction of sp³-hybridized carbons (Fsp3) is 0.600. The van der Waals surface area contributed by atoms with E-state index in [2.05, 4.69) is 5.32 Å². The van der Waals surface area contributed by atoms with E-state index >= 15 is 0 Å². The molecule has 0 aromatic heterocycles. The standard InChI is InChI=1S/C15H24N2O4/c1-5-21-14-7-12(6-13(8-14)17(19)20)16-10-15(4,18)9-11(2)3/h6-8,11,16,18H,5,9-10H2,1-4H3. The van der Waals surface area contributed by atoms with Crippen LogP contribution in [-0.2, 0) is 0 Å². The summed E-state index contributed by atoms with van der Waals surface area (Å²) in [5, 5.41) is 24.2. The van der Waals surface area contributed by atoms with Crippen molar-refractivity contribution in [1.29, 1.82) is 0 Å². The van der Waals surface area contributed by atoms with Crippen LogP contribution in [0, 0.1) is 16.0 Å². The molecule has 0 saturated heterocycles. The Morgan fingerprint density at radius 2 is 2.10 bits per heavy atom. The summed E-state index contributed by atoms with van der Waals surface area (Å²) in [5.41, 5.74) is -0.339. The minimum absolute atomic E-state index is 0.0352. The van der Waals surface area contributed by atoms with Gasteiger partial charge in [0.25, 0.3) is 5.69 Å². The van der Waals surface area contributed by atoms with Crippen LogP contribution >= 0.6 is 0 Å². The number of nitrogens with zero attached hydrogens (tertiary/aromatic N) is 1. The molecule has 21 heavy (non-hydrogen) atoms. The van der Waals surface area contributed by atoms with E-state index in [-0.39, 0.29) is 5.69 Å². The second-order valence-corrected chi connectivity index (χ2v) is 5.85. The molecule has 0 heterocycles. The van der Waals surface area contributed by atoms with Gasteiger partial charge < -0.3 is 15.2 Å². The maximum Gasteiger partial charge on any atom is 0.275 e. The monoisotopic (exact) mass is 296 g/mol. The first-order valence-corrected chi connectivity index (χ1v) is 7.12. The Labute approximate surface area is 125 Å². The lowest BCUT2D eigenvalue weighted by atomic mass is 9.94. The molecule has 2 N–H and O–H groups in total. The van der Waals surface area contributed by atoms with Gasteiger partial charge in [0, 0.05) is 24.4 Å². The Hall–Kier alpha value is -1.82. The summed E-state index contributed by atoms with van der Waals surface area (Å²) < 4.78 is 5.33. The summed E-state index contributed by atoms with van der Waals surface area (Å²) in [6.45, 7) is 8.40. The predicted octanol–water partition coefficient (Wildman–Crippen LogP) is 3.20. The highest BCUT2D eigenvalue weighted by Crippen LogP contribution is 2.27. The Kier molecular flexibility index (Phi) is 5.96. The van der Waals surface area contributed by atoms with Gasteiger partial charge in [-0.15, -0.1) is 0 Å². The molecule has 0 aliphatic rings. The van der Waals surface area contributed by atoms with Crippen molar-refractivity contribution in [3.8, 4) is 5.75 Å². The van der Waals surface area contributed by atoms with E-state index < -0.39 is 10.5 Å². The number of hydrogen-bond donors (Lipinski definition) is 2. The van der Waals surface area contributed by atoms with Crippen LogP contribution in [0.15, 0.2) is 18.2 Å². The van der Waals surface area contributed by atoms with Crippen LogP contribution in [0.5, 0.6) is 5.75 Å². The first-order valence-electron chi connectivity index (χ1n) is 7.12. The number of benzene rings is 1. The van der Waals surface area contributed by atoms with E-state index in [9.17, 15) is 15.2 Å². The second kappa shape index (κ2) is 7.26. The predicted molar refractivity (Wildman–Crippen MR) is 82.8 cm³/mol. The third-order valence-electron chi connectivity index (χ3n) is 2.93. The largest absolute Gasteiger partial charge is 0.494 e. The van der Waals surface area contributed by atoms with E-state index in [1.54, 1.807) is 13.0 Å². The highest BCUT2D eigenvalue weighted by atomic mass is 16.6. The Morgan fingerprint density at radius 3 is 2.62 bits per heavy atom. The number of ether oxygens (including phenoxy) is 1. The average Bonchev–Trinajstić information content (AvgIpc) is 2.35. The van der Waals surface area contributed by atoms with E-state index in [1.807, 2.05) is 20.8 Å². The van der Waals surface area contributed by atoms with Gasteiger partial charge in [-0.1, -0.05) is 13.8 Å². The van der Waals surface area contributed by atoms with E-state index in [0.29, 0.717) is 36.9 Å². The molecule has 0 aliphatic heterocycles. The first kappa shape index (κ1) is 17.2. The lowest BCUT2D eigenvalue weighted by Crippen LogP contribution is -2.34. The van der Waals surface area contributed by atoms with Crippen LogP contribution in [-0.4, -0.2) is 28.8 Å². The maximum atomic E-state index is 10.9. The second-order valence-electron chi connectivity index (χ2n) is 5.85. The van der Waals surface area contributed by atoms with Crippen molar-refractivity contribution in [2.45, 2.75) is 39.7 Å². The molecular weight excluding hydrogens is 272 g/mol. The van der Waals surface area contributed by atoms with Crippen LogP contribution in [0.1, 0.15) is 34.1 Å². The Balaban J connectivity index is 2.84. The number of nitrogens with one attached hydrogen (secondary N) is 1. The van der Waals surface area contributed by atoms with Crippen molar-refractivity contribution >= 4 is 11.4 Å². The van der Waals surface area contributed by atoms with Crippen molar-refractivity contribution in [2.24, 2.45) is 5.92 Å². The van der Waals surface area contributed by atoms with Gasteiger partial charge in [-0.25, -0.2) is 0 Å². The molecule has 0 fully saturated rings.